The molecule has 0 N–H and O–H groups in total. The van der Waals surface area contributed by atoms with Gasteiger partial charge < -0.3 is 4.74 Å². The number of halogens is 1. The van der Waals surface area contributed by atoms with Crippen molar-refractivity contribution in [2.45, 2.75) is 19.3 Å². The molecule has 0 saturated carbocycles. The van der Waals surface area contributed by atoms with E-state index in [0.717, 1.165) is 24.7 Å². The molecule has 1 nitrogen and oxygen atoms in total. The molecule has 1 saturated heterocycles. The summed E-state index contributed by atoms with van der Waals surface area (Å²) in [6.07, 6.45) is 3.65. The fourth-order valence-corrected chi connectivity index (χ4v) is 3.61. The maximum Gasteiger partial charge on any atom is 0.0497 e. The number of ether oxygens (including phenoxy) is 1. The van der Waals surface area contributed by atoms with Crippen molar-refractivity contribution in [3.8, 4) is 10.4 Å². The molecule has 0 radical (unpaired) electrons. The molecule has 0 bridgehead atoms. The van der Waals surface area contributed by atoms with Gasteiger partial charge in [0, 0.05) is 23.1 Å². The Morgan fingerprint density at radius 2 is 2.11 bits per heavy atom. The van der Waals surface area contributed by atoms with Gasteiger partial charge in [0.15, 0.2) is 0 Å². The second-order valence-electron chi connectivity index (χ2n) is 5.11. The summed E-state index contributed by atoms with van der Waals surface area (Å²) in [4.78, 5) is 1.32. The van der Waals surface area contributed by atoms with E-state index in [-0.39, 0.29) is 0 Å². The molecule has 1 aliphatic rings. The van der Waals surface area contributed by atoms with Crippen LogP contribution in [0.5, 0.6) is 0 Å². The van der Waals surface area contributed by atoms with Crippen molar-refractivity contribution in [2.75, 3.05) is 13.2 Å². The van der Waals surface area contributed by atoms with Crippen LogP contribution in [0.1, 0.15) is 18.4 Å². The summed E-state index contributed by atoms with van der Waals surface area (Å²) in [5.74, 6) is 0.696. The Bertz CT molecular complexity index is 526. The van der Waals surface area contributed by atoms with E-state index in [1.54, 1.807) is 0 Å². The van der Waals surface area contributed by atoms with Crippen molar-refractivity contribution in [1.29, 1.82) is 0 Å². The van der Waals surface area contributed by atoms with Crippen molar-refractivity contribution in [3.63, 3.8) is 0 Å². The van der Waals surface area contributed by atoms with E-state index in [0.29, 0.717) is 5.92 Å². The van der Waals surface area contributed by atoms with Gasteiger partial charge in [-0.1, -0.05) is 23.7 Å². The molecule has 2 aromatic rings. The van der Waals surface area contributed by atoms with Gasteiger partial charge in [-0.05, 0) is 59.9 Å². The molecule has 1 unspecified atom stereocenters. The summed E-state index contributed by atoms with van der Waals surface area (Å²) in [6.45, 7) is 1.86. The Morgan fingerprint density at radius 3 is 2.84 bits per heavy atom. The zero-order valence-corrected chi connectivity index (χ0v) is 12.3. The van der Waals surface area contributed by atoms with E-state index in [1.807, 2.05) is 23.5 Å². The lowest BCUT2D eigenvalue weighted by Crippen LogP contribution is -2.18. The highest BCUT2D eigenvalue weighted by molar-refractivity contribution is 7.13. The highest BCUT2D eigenvalue weighted by atomic mass is 35.5. The molecule has 3 rings (SSSR count). The normalized spacial score (nSPS) is 19.5. The molecule has 100 valence electrons. The molecule has 1 aromatic carbocycles. The maximum absolute atomic E-state index is 5.92. The molecular formula is C16H17ClOS. The predicted octanol–water partition coefficient (Wildman–Crippen LogP) is 5.04. The molecule has 0 aliphatic carbocycles. The summed E-state index contributed by atoms with van der Waals surface area (Å²) in [5.41, 5.74) is 2.69. The fraction of sp³-hybridized carbons (Fsp3) is 0.375. The molecule has 2 heterocycles. The van der Waals surface area contributed by atoms with Gasteiger partial charge in [0.05, 0.1) is 0 Å². The molecule has 1 atom stereocenters. The number of hydrogen-bond acceptors (Lipinski definition) is 2. The minimum absolute atomic E-state index is 0.696. The Balaban J connectivity index is 1.70. The third-order valence-electron chi connectivity index (χ3n) is 3.56. The molecule has 0 spiro atoms. The molecule has 19 heavy (non-hydrogen) atoms. The van der Waals surface area contributed by atoms with E-state index >= 15 is 0 Å². The van der Waals surface area contributed by atoms with Gasteiger partial charge in [-0.2, -0.15) is 0 Å². The first-order valence-corrected chi connectivity index (χ1v) is 7.98. The maximum atomic E-state index is 5.92. The molecular weight excluding hydrogens is 276 g/mol. The Hall–Kier alpha value is -0.830. The van der Waals surface area contributed by atoms with E-state index in [1.165, 1.54) is 28.8 Å². The Morgan fingerprint density at radius 1 is 1.26 bits per heavy atom. The van der Waals surface area contributed by atoms with Crippen molar-refractivity contribution < 1.29 is 4.74 Å². The van der Waals surface area contributed by atoms with E-state index in [4.69, 9.17) is 16.3 Å². The average Bonchev–Trinajstić information content (AvgIpc) is 2.89. The number of benzene rings is 1. The lowest BCUT2D eigenvalue weighted by molar-refractivity contribution is 0.0550. The molecule has 0 amide bonds. The van der Waals surface area contributed by atoms with Gasteiger partial charge in [0.1, 0.15) is 0 Å². The van der Waals surface area contributed by atoms with Crippen LogP contribution in [0.15, 0.2) is 35.7 Å². The topological polar surface area (TPSA) is 9.23 Å². The smallest absolute Gasteiger partial charge is 0.0497 e. The standard InChI is InChI=1S/C16H17ClOS/c17-15-5-3-14(4-6-15)16-9-13(11-19-16)8-12-2-1-7-18-10-12/h3-6,9,11-12H,1-2,7-8,10H2. The van der Waals surface area contributed by atoms with Gasteiger partial charge in [0.25, 0.3) is 0 Å². The van der Waals surface area contributed by atoms with Crippen LogP contribution in [-0.2, 0) is 11.2 Å². The van der Waals surface area contributed by atoms with Crippen LogP contribution in [0.4, 0.5) is 0 Å². The minimum atomic E-state index is 0.696. The third-order valence-corrected chi connectivity index (χ3v) is 4.84. The monoisotopic (exact) mass is 292 g/mol. The Kier molecular flexibility index (Phi) is 4.21. The number of hydrogen-bond donors (Lipinski definition) is 0. The van der Waals surface area contributed by atoms with Gasteiger partial charge in [-0.3, -0.25) is 0 Å². The molecule has 1 aromatic heterocycles. The van der Waals surface area contributed by atoms with Crippen molar-refractivity contribution in [2.24, 2.45) is 5.92 Å². The molecule has 1 aliphatic heterocycles. The van der Waals surface area contributed by atoms with Gasteiger partial charge in [-0.25, -0.2) is 0 Å². The van der Waals surface area contributed by atoms with E-state index < -0.39 is 0 Å². The minimum Gasteiger partial charge on any atom is -0.381 e. The largest absolute Gasteiger partial charge is 0.381 e. The van der Waals surface area contributed by atoms with E-state index in [9.17, 15) is 0 Å². The first kappa shape index (κ1) is 13.2. The Labute approximate surface area is 123 Å². The van der Waals surface area contributed by atoms with Gasteiger partial charge in [0.2, 0.25) is 0 Å². The second-order valence-corrected chi connectivity index (χ2v) is 6.46. The molecule has 1 fully saturated rings. The highest BCUT2D eigenvalue weighted by Crippen LogP contribution is 2.30. The molecule has 3 heteroatoms. The van der Waals surface area contributed by atoms with Crippen LogP contribution in [0.2, 0.25) is 5.02 Å². The van der Waals surface area contributed by atoms with Crippen LogP contribution in [0, 0.1) is 5.92 Å². The van der Waals surface area contributed by atoms with Crippen LogP contribution < -0.4 is 0 Å². The zero-order chi connectivity index (χ0) is 13.1. The lowest BCUT2D eigenvalue weighted by Gasteiger charge is -2.21. The average molecular weight is 293 g/mol. The van der Waals surface area contributed by atoms with Crippen molar-refractivity contribution in [1.82, 2.24) is 0 Å². The first-order chi connectivity index (χ1) is 9.31. The first-order valence-electron chi connectivity index (χ1n) is 6.72. The highest BCUT2D eigenvalue weighted by Gasteiger charge is 2.15. The zero-order valence-electron chi connectivity index (χ0n) is 10.8. The third kappa shape index (κ3) is 3.38. The summed E-state index contributed by atoms with van der Waals surface area (Å²) in [6, 6.07) is 10.4. The van der Waals surface area contributed by atoms with Gasteiger partial charge in [-0.15, -0.1) is 11.3 Å². The quantitative estimate of drug-likeness (QED) is 0.770. The van der Waals surface area contributed by atoms with Crippen molar-refractivity contribution >= 4 is 22.9 Å². The summed E-state index contributed by atoms with van der Waals surface area (Å²) < 4.78 is 5.55. The fourth-order valence-electron chi connectivity index (χ4n) is 2.55. The summed E-state index contributed by atoms with van der Waals surface area (Å²) in [5, 5.41) is 3.07. The number of thiophene rings is 1. The lowest BCUT2D eigenvalue weighted by atomic mass is 9.95. The van der Waals surface area contributed by atoms with Crippen LogP contribution in [-0.4, -0.2) is 13.2 Å². The predicted molar refractivity (Wildman–Crippen MR) is 82.0 cm³/mol. The van der Waals surface area contributed by atoms with Crippen LogP contribution >= 0.6 is 22.9 Å². The summed E-state index contributed by atoms with van der Waals surface area (Å²) in [7, 11) is 0. The van der Waals surface area contributed by atoms with Gasteiger partial charge >= 0.3 is 0 Å². The second kappa shape index (κ2) is 6.08. The van der Waals surface area contributed by atoms with Crippen LogP contribution in [0.3, 0.4) is 0 Å². The number of rotatable bonds is 3. The van der Waals surface area contributed by atoms with Crippen LogP contribution in [0.25, 0.3) is 10.4 Å². The summed E-state index contributed by atoms with van der Waals surface area (Å²) >= 11 is 7.74. The van der Waals surface area contributed by atoms with Crippen molar-refractivity contribution in [3.05, 3.63) is 46.3 Å². The SMILES string of the molecule is Clc1ccc(-c2cc(CC3CCCOC3)cs2)cc1. The van der Waals surface area contributed by atoms with E-state index in [2.05, 4.69) is 23.6 Å².